The van der Waals surface area contributed by atoms with E-state index in [-0.39, 0.29) is 22.3 Å². The average molecular weight is 316 g/mol. The number of ether oxygens (including phenoxy) is 1. The van der Waals surface area contributed by atoms with Crippen LogP contribution < -0.4 is 0 Å². The van der Waals surface area contributed by atoms with Crippen LogP contribution >= 0.6 is 35.0 Å². The van der Waals surface area contributed by atoms with Crippen LogP contribution in [0.5, 0.6) is 0 Å². The van der Waals surface area contributed by atoms with Crippen LogP contribution in [0, 0.1) is 0 Å². The molecule has 0 aliphatic heterocycles. The number of nitrogens with zero attached hydrogens (tertiary/aromatic N) is 1. The second-order valence-electron chi connectivity index (χ2n) is 3.70. The minimum atomic E-state index is -0.554. The van der Waals surface area contributed by atoms with Gasteiger partial charge in [-0.15, -0.1) is 11.8 Å². The van der Waals surface area contributed by atoms with Crippen molar-refractivity contribution in [3.8, 4) is 0 Å². The molecule has 1 aromatic heterocycles. The molecule has 0 bridgehead atoms. The molecule has 0 N–H and O–H groups in total. The third-order valence-electron chi connectivity index (χ3n) is 2.56. The highest BCUT2D eigenvalue weighted by atomic mass is 35.5. The summed E-state index contributed by atoms with van der Waals surface area (Å²) in [5.41, 5.74) is 0.775. The average Bonchev–Trinajstić information content (AvgIpc) is 2.38. The molecule has 19 heavy (non-hydrogen) atoms. The zero-order chi connectivity index (χ0) is 14.0. The van der Waals surface area contributed by atoms with E-state index in [1.54, 1.807) is 18.7 Å². The zero-order valence-corrected chi connectivity index (χ0v) is 12.7. The van der Waals surface area contributed by atoms with Gasteiger partial charge in [0.2, 0.25) is 0 Å². The highest BCUT2D eigenvalue weighted by Crippen LogP contribution is 2.33. The van der Waals surface area contributed by atoms with Gasteiger partial charge in [-0.25, -0.2) is 9.78 Å². The standard InChI is InChI=1S/C13H11Cl2NO2S/c1-3-18-13(17)10-11(14)8-6-7(19-2)4-5-9(8)16-12(10)15/h4-6H,3H2,1-2H3. The van der Waals surface area contributed by atoms with Gasteiger partial charge in [0, 0.05) is 10.3 Å². The fourth-order valence-electron chi connectivity index (χ4n) is 1.68. The van der Waals surface area contributed by atoms with Crippen LogP contribution in [-0.2, 0) is 4.74 Å². The zero-order valence-electron chi connectivity index (χ0n) is 10.4. The molecule has 0 atom stereocenters. The van der Waals surface area contributed by atoms with Crippen LogP contribution in [0.25, 0.3) is 10.9 Å². The molecule has 2 aromatic rings. The summed E-state index contributed by atoms with van der Waals surface area (Å²) >= 11 is 13.9. The number of fused-ring (bicyclic) bond motifs is 1. The molecule has 3 nitrogen and oxygen atoms in total. The summed E-state index contributed by atoms with van der Waals surface area (Å²) in [5, 5.41) is 1.04. The molecule has 2 rings (SSSR count). The summed E-state index contributed by atoms with van der Waals surface area (Å²) in [4.78, 5) is 17.1. The molecule has 0 fully saturated rings. The van der Waals surface area contributed by atoms with Crippen LogP contribution in [-0.4, -0.2) is 23.8 Å². The molecule has 0 aliphatic rings. The molecule has 6 heteroatoms. The quantitative estimate of drug-likeness (QED) is 0.477. The van der Waals surface area contributed by atoms with Gasteiger partial charge in [-0.05, 0) is 31.4 Å². The lowest BCUT2D eigenvalue weighted by molar-refractivity contribution is 0.0526. The van der Waals surface area contributed by atoms with Crippen molar-refractivity contribution in [3.63, 3.8) is 0 Å². The number of pyridine rings is 1. The van der Waals surface area contributed by atoms with E-state index < -0.39 is 5.97 Å². The summed E-state index contributed by atoms with van der Waals surface area (Å²) in [7, 11) is 0. The van der Waals surface area contributed by atoms with Crippen molar-refractivity contribution in [3.05, 3.63) is 33.9 Å². The van der Waals surface area contributed by atoms with E-state index in [9.17, 15) is 4.79 Å². The smallest absolute Gasteiger partial charge is 0.342 e. The molecule has 100 valence electrons. The molecule has 0 saturated carbocycles. The molecule has 0 saturated heterocycles. The fourth-order valence-corrected chi connectivity index (χ4v) is 2.75. The first-order valence-electron chi connectivity index (χ1n) is 5.58. The number of rotatable bonds is 3. The Morgan fingerprint density at radius 3 is 2.79 bits per heavy atom. The molecule has 1 aromatic carbocycles. The highest BCUT2D eigenvalue weighted by molar-refractivity contribution is 7.98. The minimum Gasteiger partial charge on any atom is -0.462 e. The maximum Gasteiger partial charge on any atom is 0.342 e. The van der Waals surface area contributed by atoms with E-state index in [2.05, 4.69) is 4.98 Å². The first kappa shape index (κ1) is 14.4. The monoisotopic (exact) mass is 315 g/mol. The number of halogens is 2. The Balaban J connectivity index is 2.68. The van der Waals surface area contributed by atoms with Crippen molar-refractivity contribution in [1.82, 2.24) is 4.98 Å². The lowest BCUT2D eigenvalue weighted by Crippen LogP contribution is -2.07. The summed E-state index contributed by atoms with van der Waals surface area (Å²) in [6.45, 7) is 1.98. The predicted molar refractivity (Wildman–Crippen MR) is 79.5 cm³/mol. The van der Waals surface area contributed by atoms with Gasteiger partial charge in [0.25, 0.3) is 0 Å². The topological polar surface area (TPSA) is 39.2 Å². The number of esters is 1. The van der Waals surface area contributed by atoms with E-state index >= 15 is 0 Å². The van der Waals surface area contributed by atoms with E-state index in [0.29, 0.717) is 10.9 Å². The molecule has 0 aliphatic carbocycles. The van der Waals surface area contributed by atoms with Crippen molar-refractivity contribution in [1.29, 1.82) is 0 Å². The lowest BCUT2D eigenvalue weighted by Gasteiger charge is -2.09. The number of benzene rings is 1. The summed E-state index contributed by atoms with van der Waals surface area (Å²) in [6.07, 6.45) is 1.96. The molecule has 0 amide bonds. The van der Waals surface area contributed by atoms with Crippen molar-refractivity contribution in [2.24, 2.45) is 0 Å². The Hall–Kier alpha value is -0.970. The van der Waals surface area contributed by atoms with Gasteiger partial charge >= 0.3 is 5.97 Å². The fraction of sp³-hybridized carbons (Fsp3) is 0.231. The third kappa shape index (κ3) is 2.81. The number of carbonyl (C=O) groups is 1. The summed E-state index contributed by atoms with van der Waals surface area (Å²) in [5.74, 6) is -0.554. The van der Waals surface area contributed by atoms with E-state index in [1.807, 2.05) is 24.5 Å². The van der Waals surface area contributed by atoms with Crippen molar-refractivity contribution >= 4 is 51.8 Å². The van der Waals surface area contributed by atoms with Gasteiger partial charge < -0.3 is 4.74 Å². The minimum absolute atomic E-state index is 0.0628. The van der Waals surface area contributed by atoms with E-state index in [1.165, 1.54) is 0 Å². The first-order valence-corrected chi connectivity index (χ1v) is 7.56. The molecule has 1 heterocycles. The van der Waals surface area contributed by atoms with Crippen molar-refractivity contribution in [2.45, 2.75) is 11.8 Å². The van der Waals surface area contributed by atoms with Gasteiger partial charge in [0.1, 0.15) is 10.7 Å². The van der Waals surface area contributed by atoms with E-state index in [4.69, 9.17) is 27.9 Å². The number of hydrogen-bond donors (Lipinski definition) is 0. The molecule has 0 spiro atoms. The van der Waals surface area contributed by atoms with Crippen LogP contribution in [0.2, 0.25) is 10.2 Å². The maximum atomic E-state index is 11.8. The van der Waals surface area contributed by atoms with Crippen molar-refractivity contribution in [2.75, 3.05) is 12.9 Å². The summed E-state index contributed by atoms with van der Waals surface area (Å²) in [6, 6.07) is 5.64. The highest BCUT2D eigenvalue weighted by Gasteiger charge is 2.20. The Morgan fingerprint density at radius 2 is 2.16 bits per heavy atom. The Bertz CT molecular complexity index is 646. The van der Waals surface area contributed by atoms with Crippen LogP contribution in [0.3, 0.4) is 0 Å². The first-order chi connectivity index (χ1) is 9.08. The molecular formula is C13H11Cl2NO2S. The van der Waals surface area contributed by atoms with Gasteiger partial charge in [-0.1, -0.05) is 23.2 Å². The SMILES string of the molecule is CCOC(=O)c1c(Cl)nc2ccc(SC)cc2c1Cl. The number of carbonyl (C=O) groups excluding carboxylic acids is 1. The van der Waals surface area contributed by atoms with Crippen molar-refractivity contribution < 1.29 is 9.53 Å². The van der Waals surface area contributed by atoms with Gasteiger partial charge in [-0.3, -0.25) is 0 Å². The normalized spacial score (nSPS) is 10.7. The van der Waals surface area contributed by atoms with Gasteiger partial charge in [0.15, 0.2) is 0 Å². The number of aromatic nitrogens is 1. The Morgan fingerprint density at radius 1 is 1.42 bits per heavy atom. The van der Waals surface area contributed by atoms with E-state index in [0.717, 1.165) is 4.90 Å². The van der Waals surface area contributed by atoms with Gasteiger partial charge in [0.05, 0.1) is 17.1 Å². The largest absolute Gasteiger partial charge is 0.462 e. The summed E-state index contributed by atoms with van der Waals surface area (Å²) < 4.78 is 4.94. The predicted octanol–water partition coefficient (Wildman–Crippen LogP) is 4.44. The number of hydrogen-bond acceptors (Lipinski definition) is 4. The van der Waals surface area contributed by atoms with Crippen LogP contribution in [0.4, 0.5) is 0 Å². The Labute approximate surface area is 125 Å². The number of thioether (sulfide) groups is 1. The third-order valence-corrected chi connectivity index (χ3v) is 3.96. The van der Waals surface area contributed by atoms with Crippen LogP contribution in [0.1, 0.15) is 17.3 Å². The molecule has 0 unspecified atom stereocenters. The maximum absolute atomic E-state index is 11.8. The Kier molecular flexibility index (Phi) is 4.55. The molecular weight excluding hydrogens is 305 g/mol. The van der Waals surface area contributed by atoms with Gasteiger partial charge in [-0.2, -0.15) is 0 Å². The molecule has 0 radical (unpaired) electrons. The second-order valence-corrected chi connectivity index (χ2v) is 5.31. The van der Waals surface area contributed by atoms with Crippen LogP contribution in [0.15, 0.2) is 23.1 Å². The second kappa shape index (κ2) is 5.99. The lowest BCUT2D eigenvalue weighted by atomic mass is 10.1.